The molecule has 8 heteroatoms. The SMILES string of the molecule is COc1ccc(CNC(=O)/C(C#N)=C/c2ccc(-c3ccc(Cl)c(Cl)c3)o2)c(OC)c1. The number of carbonyl (C=O) groups is 1. The van der Waals surface area contributed by atoms with Crippen molar-refractivity contribution in [3.63, 3.8) is 0 Å². The van der Waals surface area contributed by atoms with Crippen LogP contribution in [-0.4, -0.2) is 20.1 Å². The van der Waals surface area contributed by atoms with Gasteiger partial charge in [-0.05, 0) is 42.5 Å². The Labute approximate surface area is 189 Å². The molecule has 158 valence electrons. The molecule has 1 amide bonds. The highest BCUT2D eigenvalue weighted by atomic mass is 35.5. The zero-order valence-corrected chi connectivity index (χ0v) is 18.3. The van der Waals surface area contributed by atoms with E-state index in [1.807, 2.05) is 6.07 Å². The Balaban J connectivity index is 1.73. The molecule has 3 aromatic rings. The van der Waals surface area contributed by atoms with Crippen LogP contribution >= 0.6 is 23.2 Å². The molecule has 0 saturated heterocycles. The molecule has 0 aliphatic carbocycles. The number of rotatable bonds is 7. The number of amides is 1. The number of halogens is 2. The van der Waals surface area contributed by atoms with Gasteiger partial charge in [0.15, 0.2) is 0 Å². The number of nitriles is 1. The van der Waals surface area contributed by atoms with Crippen LogP contribution in [0, 0.1) is 11.3 Å². The molecule has 6 nitrogen and oxygen atoms in total. The van der Waals surface area contributed by atoms with Crippen molar-refractivity contribution in [2.24, 2.45) is 0 Å². The van der Waals surface area contributed by atoms with E-state index in [1.54, 1.807) is 55.6 Å². The van der Waals surface area contributed by atoms with Gasteiger partial charge in [-0.1, -0.05) is 23.2 Å². The third-order valence-electron chi connectivity index (χ3n) is 4.42. The van der Waals surface area contributed by atoms with Crippen molar-refractivity contribution in [1.29, 1.82) is 5.26 Å². The zero-order chi connectivity index (χ0) is 22.4. The van der Waals surface area contributed by atoms with Crippen LogP contribution in [0.1, 0.15) is 11.3 Å². The molecule has 0 bridgehead atoms. The van der Waals surface area contributed by atoms with Crippen molar-refractivity contribution in [2.75, 3.05) is 14.2 Å². The van der Waals surface area contributed by atoms with E-state index in [0.29, 0.717) is 33.1 Å². The summed E-state index contributed by atoms with van der Waals surface area (Å²) >= 11 is 12.0. The Hall–Kier alpha value is -3.40. The Kier molecular flexibility index (Phi) is 7.24. The van der Waals surface area contributed by atoms with Crippen molar-refractivity contribution in [3.05, 3.63) is 75.5 Å². The minimum Gasteiger partial charge on any atom is -0.497 e. The standard InChI is InChI=1S/C23H18Cl2N2O4/c1-29-17-5-3-15(22(11-17)30-2)13-27-23(28)16(12-26)9-18-6-8-21(31-18)14-4-7-19(24)20(25)10-14/h3-11H,13H2,1-2H3,(H,27,28)/b16-9+. The number of carbonyl (C=O) groups excluding carboxylic acids is 1. The third-order valence-corrected chi connectivity index (χ3v) is 5.16. The van der Waals surface area contributed by atoms with Gasteiger partial charge in [0.1, 0.15) is 34.7 Å². The second kappa shape index (κ2) is 10.1. The molecule has 1 heterocycles. The number of nitrogens with one attached hydrogen (secondary N) is 1. The number of nitrogens with zero attached hydrogens (tertiary/aromatic N) is 1. The van der Waals surface area contributed by atoms with Gasteiger partial charge in [0, 0.05) is 29.8 Å². The van der Waals surface area contributed by atoms with E-state index in [0.717, 1.165) is 11.1 Å². The second-order valence-electron chi connectivity index (χ2n) is 6.36. The van der Waals surface area contributed by atoms with Gasteiger partial charge in [0.05, 0.1) is 24.3 Å². The summed E-state index contributed by atoms with van der Waals surface area (Å²) in [5.74, 6) is 1.56. The van der Waals surface area contributed by atoms with E-state index < -0.39 is 5.91 Å². The molecule has 0 fully saturated rings. The number of benzene rings is 2. The van der Waals surface area contributed by atoms with Gasteiger partial charge < -0.3 is 19.2 Å². The predicted octanol–water partition coefficient (Wildman–Crippen LogP) is 5.49. The van der Waals surface area contributed by atoms with Crippen LogP contribution in [-0.2, 0) is 11.3 Å². The lowest BCUT2D eigenvalue weighted by molar-refractivity contribution is -0.117. The average Bonchev–Trinajstić information content (AvgIpc) is 3.26. The number of hydrogen-bond donors (Lipinski definition) is 1. The lowest BCUT2D eigenvalue weighted by Crippen LogP contribution is -2.24. The van der Waals surface area contributed by atoms with Crippen LogP contribution < -0.4 is 14.8 Å². The molecule has 0 atom stereocenters. The summed E-state index contributed by atoms with van der Waals surface area (Å²) in [4.78, 5) is 12.5. The van der Waals surface area contributed by atoms with Gasteiger partial charge in [-0.2, -0.15) is 5.26 Å². The first kappa shape index (κ1) is 22.3. The van der Waals surface area contributed by atoms with Crippen LogP contribution in [0.5, 0.6) is 11.5 Å². The van der Waals surface area contributed by atoms with Crippen LogP contribution in [0.3, 0.4) is 0 Å². The molecule has 0 saturated carbocycles. The number of methoxy groups -OCH3 is 2. The summed E-state index contributed by atoms with van der Waals surface area (Å²) in [6, 6.07) is 15.7. The fraction of sp³-hybridized carbons (Fsp3) is 0.130. The normalized spacial score (nSPS) is 11.0. The zero-order valence-electron chi connectivity index (χ0n) is 16.7. The highest BCUT2D eigenvalue weighted by Crippen LogP contribution is 2.30. The maximum absolute atomic E-state index is 12.5. The molecular weight excluding hydrogens is 439 g/mol. The summed E-state index contributed by atoms with van der Waals surface area (Å²) in [5.41, 5.74) is 1.37. The van der Waals surface area contributed by atoms with Crippen LogP contribution in [0.25, 0.3) is 17.4 Å². The minimum atomic E-state index is -0.534. The van der Waals surface area contributed by atoms with E-state index in [-0.39, 0.29) is 12.1 Å². The summed E-state index contributed by atoms with van der Waals surface area (Å²) in [6.07, 6.45) is 1.38. The topological polar surface area (TPSA) is 84.5 Å². The molecule has 1 aromatic heterocycles. The molecule has 1 N–H and O–H groups in total. The first-order valence-corrected chi connectivity index (χ1v) is 9.87. The van der Waals surface area contributed by atoms with Gasteiger partial charge in [-0.15, -0.1) is 0 Å². The molecule has 0 radical (unpaired) electrons. The van der Waals surface area contributed by atoms with E-state index in [9.17, 15) is 10.1 Å². The molecular formula is C23H18Cl2N2O4. The van der Waals surface area contributed by atoms with Crippen LogP contribution in [0.15, 0.2) is 58.5 Å². The first-order chi connectivity index (χ1) is 14.9. The van der Waals surface area contributed by atoms with Crippen molar-refractivity contribution >= 4 is 35.2 Å². The van der Waals surface area contributed by atoms with Gasteiger partial charge in [-0.3, -0.25) is 4.79 Å². The fourth-order valence-corrected chi connectivity index (χ4v) is 3.09. The van der Waals surface area contributed by atoms with Crippen molar-refractivity contribution in [2.45, 2.75) is 6.54 Å². The number of hydrogen-bond acceptors (Lipinski definition) is 5. The van der Waals surface area contributed by atoms with Crippen molar-refractivity contribution in [3.8, 4) is 28.9 Å². The third kappa shape index (κ3) is 5.40. The van der Waals surface area contributed by atoms with E-state index in [4.69, 9.17) is 37.1 Å². The molecule has 0 aliphatic heterocycles. The lowest BCUT2D eigenvalue weighted by atomic mass is 10.1. The molecule has 2 aromatic carbocycles. The number of furan rings is 1. The second-order valence-corrected chi connectivity index (χ2v) is 7.18. The number of ether oxygens (including phenoxy) is 2. The van der Waals surface area contributed by atoms with Gasteiger partial charge in [0.25, 0.3) is 5.91 Å². The maximum atomic E-state index is 12.5. The summed E-state index contributed by atoms with van der Waals surface area (Å²) < 4.78 is 16.2. The quantitative estimate of drug-likeness (QED) is 0.375. The highest BCUT2D eigenvalue weighted by molar-refractivity contribution is 6.42. The molecule has 0 unspecified atom stereocenters. The van der Waals surface area contributed by atoms with E-state index in [1.165, 1.54) is 13.2 Å². The van der Waals surface area contributed by atoms with Crippen molar-refractivity contribution in [1.82, 2.24) is 5.32 Å². The molecule has 3 rings (SSSR count). The molecule has 0 aliphatic rings. The first-order valence-electron chi connectivity index (χ1n) is 9.11. The lowest BCUT2D eigenvalue weighted by Gasteiger charge is -2.11. The Morgan fingerprint density at radius 2 is 1.90 bits per heavy atom. The monoisotopic (exact) mass is 456 g/mol. The predicted molar refractivity (Wildman–Crippen MR) is 119 cm³/mol. The molecule has 0 spiro atoms. The van der Waals surface area contributed by atoms with Crippen LogP contribution in [0.2, 0.25) is 10.0 Å². The minimum absolute atomic E-state index is 0.0949. The van der Waals surface area contributed by atoms with E-state index >= 15 is 0 Å². The van der Waals surface area contributed by atoms with Crippen molar-refractivity contribution < 1.29 is 18.7 Å². The maximum Gasteiger partial charge on any atom is 0.262 e. The Morgan fingerprint density at radius 3 is 2.58 bits per heavy atom. The summed E-state index contributed by atoms with van der Waals surface area (Å²) in [5, 5.41) is 13.0. The molecule has 31 heavy (non-hydrogen) atoms. The largest absolute Gasteiger partial charge is 0.497 e. The van der Waals surface area contributed by atoms with Gasteiger partial charge >= 0.3 is 0 Å². The highest BCUT2D eigenvalue weighted by Gasteiger charge is 2.13. The Bertz CT molecular complexity index is 1180. The smallest absolute Gasteiger partial charge is 0.262 e. The van der Waals surface area contributed by atoms with E-state index in [2.05, 4.69) is 5.32 Å². The summed E-state index contributed by atoms with van der Waals surface area (Å²) in [7, 11) is 3.09. The van der Waals surface area contributed by atoms with Gasteiger partial charge in [-0.25, -0.2) is 0 Å². The summed E-state index contributed by atoms with van der Waals surface area (Å²) in [6.45, 7) is 0.178. The van der Waals surface area contributed by atoms with Crippen LogP contribution in [0.4, 0.5) is 0 Å². The average molecular weight is 457 g/mol. The Morgan fingerprint density at radius 1 is 1.10 bits per heavy atom. The fourth-order valence-electron chi connectivity index (χ4n) is 2.79. The van der Waals surface area contributed by atoms with Gasteiger partial charge in [0.2, 0.25) is 0 Å².